The SMILES string of the molecule is Nc1ccc2c(c1)c(-c1ccc(CN3CCOCC3)cn1)c(O)n2O. The number of benzene rings is 1. The fourth-order valence-electron chi connectivity index (χ4n) is 3.21. The van der Waals surface area contributed by atoms with Gasteiger partial charge in [0.05, 0.1) is 30.0 Å². The lowest BCUT2D eigenvalue weighted by Gasteiger charge is -2.26. The Morgan fingerprint density at radius 1 is 1.16 bits per heavy atom. The number of nitrogen functional groups attached to an aromatic ring is 1. The highest BCUT2D eigenvalue weighted by atomic mass is 16.5. The third-order valence-electron chi connectivity index (χ3n) is 4.53. The Kier molecular flexibility index (Phi) is 3.95. The fourth-order valence-corrected chi connectivity index (χ4v) is 3.21. The predicted octanol–water partition coefficient (Wildman–Crippen LogP) is 2.06. The molecule has 0 saturated carbocycles. The van der Waals surface area contributed by atoms with Crippen LogP contribution in [0.1, 0.15) is 5.56 Å². The van der Waals surface area contributed by atoms with Gasteiger partial charge in [-0.2, -0.15) is 4.73 Å². The lowest BCUT2D eigenvalue weighted by Crippen LogP contribution is -2.35. The largest absolute Gasteiger partial charge is 0.492 e. The van der Waals surface area contributed by atoms with E-state index in [1.54, 1.807) is 24.4 Å². The zero-order valence-electron chi connectivity index (χ0n) is 13.7. The Balaban J connectivity index is 1.67. The van der Waals surface area contributed by atoms with E-state index in [1.165, 1.54) is 0 Å². The third-order valence-corrected chi connectivity index (χ3v) is 4.53. The van der Waals surface area contributed by atoms with E-state index in [2.05, 4.69) is 9.88 Å². The number of nitrogens with two attached hydrogens (primary N) is 1. The highest BCUT2D eigenvalue weighted by Gasteiger charge is 2.19. The molecule has 130 valence electrons. The summed E-state index contributed by atoms with van der Waals surface area (Å²) in [5.41, 5.74) is 9.05. The van der Waals surface area contributed by atoms with E-state index in [1.807, 2.05) is 12.1 Å². The first kappa shape index (κ1) is 15.7. The van der Waals surface area contributed by atoms with Crippen LogP contribution in [0, 0.1) is 0 Å². The summed E-state index contributed by atoms with van der Waals surface area (Å²) in [5, 5.41) is 21.0. The van der Waals surface area contributed by atoms with Crippen molar-refractivity contribution in [3.05, 3.63) is 42.1 Å². The van der Waals surface area contributed by atoms with Gasteiger partial charge in [0, 0.05) is 36.9 Å². The minimum absolute atomic E-state index is 0.242. The minimum atomic E-state index is -0.242. The normalized spacial score (nSPS) is 15.7. The number of morpholine rings is 1. The minimum Gasteiger partial charge on any atom is -0.492 e. The van der Waals surface area contributed by atoms with Crippen LogP contribution < -0.4 is 5.73 Å². The summed E-state index contributed by atoms with van der Waals surface area (Å²) in [6.45, 7) is 4.17. The molecule has 4 rings (SSSR count). The number of nitrogens with zero attached hydrogens (tertiary/aromatic N) is 3. The molecule has 0 aliphatic carbocycles. The summed E-state index contributed by atoms with van der Waals surface area (Å²) in [6, 6.07) is 8.91. The Labute approximate surface area is 144 Å². The van der Waals surface area contributed by atoms with Crippen molar-refractivity contribution < 1.29 is 15.1 Å². The number of aromatic nitrogens is 2. The van der Waals surface area contributed by atoms with Gasteiger partial charge in [0.25, 0.3) is 0 Å². The molecule has 1 saturated heterocycles. The molecule has 0 amide bonds. The molecule has 0 spiro atoms. The summed E-state index contributed by atoms with van der Waals surface area (Å²) in [5.74, 6) is -0.242. The van der Waals surface area contributed by atoms with E-state index in [4.69, 9.17) is 10.5 Å². The van der Waals surface area contributed by atoms with Crippen molar-refractivity contribution >= 4 is 16.6 Å². The van der Waals surface area contributed by atoms with Gasteiger partial charge in [0.2, 0.25) is 5.88 Å². The van der Waals surface area contributed by atoms with E-state index in [0.29, 0.717) is 27.8 Å². The van der Waals surface area contributed by atoms with Gasteiger partial charge < -0.3 is 20.8 Å². The van der Waals surface area contributed by atoms with Crippen LogP contribution in [0.3, 0.4) is 0 Å². The maximum absolute atomic E-state index is 10.3. The number of aromatic hydroxyl groups is 1. The molecular formula is C18H20N4O3. The molecule has 1 fully saturated rings. The first-order valence-electron chi connectivity index (χ1n) is 8.21. The Bertz CT molecular complexity index is 899. The molecule has 3 heterocycles. The Morgan fingerprint density at radius 2 is 1.96 bits per heavy atom. The summed E-state index contributed by atoms with van der Waals surface area (Å²) in [6.07, 6.45) is 1.80. The molecule has 0 bridgehead atoms. The van der Waals surface area contributed by atoms with Crippen molar-refractivity contribution in [3.63, 3.8) is 0 Å². The van der Waals surface area contributed by atoms with Gasteiger partial charge in [0.15, 0.2) is 0 Å². The molecule has 25 heavy (non-hydrogen) atoms. The van der Waals surface area contributed by atoms with Gasteiger partial charge in [-0.1, -0.05) is 6.07 Å². The molecule has 0 radical (unpaired) electrons. The van der Waals surface area contributed by atoms with E-state index in [0.717, 1.165) is 43.1 Å². The molecule has 7 nitrogen and oxygen atoms in total. The van der Waals surface area contributed by atoms with Crippen LogP contribution in [-0.2, 0) is 11.3 Å². The molecular weight excluding hydrogens is 320 g/mol. The molecule has 1 aliphatic rings. The number of rotatable bonds is 3. The van der Waals surface area contributed by atoms with Crippen molar-refractivity contribution in [3.8, 4) is 17.1 Å². The zero-order valence-corrected chi connectivity index (χ0v) is 13.7. The van der Waals surface area contributed by atoms with Crippen molar-refractivity contribution in [2.75, 3.05) is 32.0 Å². The zero-order chi connectivity index (χ0) is 17.4. The number of hydrogen-bond acceptors (Lipinski definition) is 6. The predicted molar refractivity (Wildman–Crippen MR) is 94.5 cm³/mol. The average molecular weight is 340 g/mol. The number of pyridine rings is 1. The number of ether oxygens (including phenoxy) is 1. The molecule has 0 unspecified atom stereocenters. The number of hydrogen-bond donors (Lipinski definition) is 3. The van der Waals surface area contributed by atoms with Crippen LogP contribution in [0.4, 0.5) is 5.69 Å². The number of fused-ring (bicyclic) bond motifs is 1. The molecule has 7 heteroatoms. The van der Waals surface area contributed by atoms with Gasteiger partial charge in [-0.05, 0) is 29.8 Å². The Hall–Kier alpha value is -2.77. The molecule has 1 aromatic carbocycles. The van der Waals surface area contributed by atoms with Crippen LogP contribution in [0.5, 0.6) is 5.88 Å². The number of anilines is 1. The second-order valence-electron chi connectivity index (χ2n) is 6.23. The van der Waals surface area contributed by atoms with Gasteiger partial charge in [0.1, 0.15) is 0 Å². The van der Waals surface area contributed by atoms with Crippen molar-refractivity contribution in [1.29, 1.82) is 0 Å². The second kappa shape index (κ2) is 6.27. The van der Waals surface area contributed by atoms with Crippen molar-refractivity contribution in [2.45, 2.75) is 6.54 Å². The highest BCUT2D eigenvalue weighted by molar-refractivity contribution is 5.99. The van der Waals surface area contributed by atoms with Gasteiger partial charge in [-0.3, -0.25) is 9.88 Å². The lowest BCUT2D eigenvalue weighted by atomic mass is 10.1. The molecule has 1 aliphatic heterocycles. The summed E-state index contributed by atoms with van der Waals surface area (Å²) >= 11 is 0. The first-order chi connectivity index (χ1) is 12.1. The van der Waals surface area contributed by atoms with Crippen molar-refractivity contribution in [2.24, 2.45) is 0 Å². The second-order valence-corrected chi connectivity index (χ2v) is 6.23. The molecule has 2 aromatic heterocycles. The third kappa shape index (κ3) is 2.88. The van der Waals surface area contributed by atoms with E-state index in [9.17, 15) is 10.3 Å². The first-order valence-corrected chi connectivity index (χ1v) is 8.21. The van der Waals surface area contributed by atoms with Crippen LogP contribution in [0.15, 0.2) is 36.5 Å². The maximum Gasteiger partial charge on any atom is 0.235 e. The van der Waals surface area contributed by atoms with Crippen LogP contribution >= 0.6 is 0 Å². The van der Waals surface area contributed by atoms with Gasteiger partial charge >= 0.3 is 0 Å². The quantitative estimate of drug-likeness (QED) is 0.499. The van der Waals surface area contributed by atoms with Crippen molar-refractivity contribution in [1.82, 2.24) is 14.6 Å². The van der Waals surface area contributed by atoms with E-state index in [-0.39, 0.29) is 5.88 Å². The average Bonchev–Trinajstić information content (AvgIpc) is 2.87. The van der Waals surface area contributed by atoms with Gasteiger partial charge in [-0.15, -0.1) is 0 Å². The van der Waals surface area contributed by atoms with Crippen LogP contribution in [0.25, 0.3) is 22.2 Å². The standard InChI is InChI=1S/C18H20N4O3/c19-13-2-4-16-14(9-13)17(18(23)22(16)24)15-3-1-12(10-20-15)11-21-5-7-25-8-6-21/h1-4,9-10,23-24H,5-8,11,19H2. The summed E-state index contributed by atoms with van der Waals surface area (Å²) < 4.78 is 6.12. The smallest absolute Gasteiger partial charge is 0.235 e. The molecule has 3 aromatic rings. The molecule has 0 atom stereocenters. The Morgan fingerprint density at radius 3 is 2.68 bits per heavy atom. The van der Waals surface area contributed by atoms with Gasteiger partial charge in [-0.25, -0.2) is 0 Å². The highest BCUT2D eigenvalue weighted by Crippen LogP contribution is 2.38. The lowest BCUT2D eigenvalue weighted by molar-refractivity contribution is 0.0341. The molecule has 4 N–H and O–H groups in total. The van der Waals surface area contributed by atoms with Crippen LogP contribution in [0.2, 0.25) is 0 Å². The topological polar surface area (TPSA) is 96.8 Å². The van der Waals surface area contributed by atoms with E-state index >= 15 is 0 Å². The monoisotopic (exact) mass is 340 g/mol. The van der Waals surface area contributed by atoms with E-state index < -0.39 is 0 Å². The summed E-state index contributed by atoms with van der Waals surface area (Å²) in [4.78, 5) is 6.80. The fraction of sp³-hybridized carbons (Fsp3) is 0.278. The van der Waals surface area contributed by atoms with Crippen LogP contribution in [-0.4, -0.2) is 51.2 Å². The summed E-state index contributed by atoms with van der Waals surface area (Å²) in [7, 11) is 0. The maximum atomic E-state index is 10.3.